The van der Waals surface area contributed by atoms with E-state index in [-0.39, 0.29) is 17.9 Å². The highest BCUT2D eigenvalue weighted by Gasteiger charge is 2.26. The number of rotatable bonds is 6. The number of nitrogens with one attached hydrogen (secondary N) is 1. The molecule has 0 saturated carbocycles. The molecule has 6 heteroatoms. The van der Waals surface area contributed by atoms with E-state index in [9.17, 15) is 9.59 Å². The van der Waals surface area contributed by atoms with E-state index < -0.39 is 0 Å². The van der Waals surface area contributed by atoms with E-state index in [1.54, 1.807) is 0 Å². The Morgan fingerprint density at radius 1 is 1.06 bits per heavy atom. The number of hydrogen-bond donors (Lipinski definition) is 1. The summed E-state index contributed by atoms with van der Waals surface area (Å²) in [5, 5.41) is 3.16. The predicted molar refractivity (Wildman–Crippen MR) is 128 cm³/mol. The normalized spacial score (nSPS) is 14.2. The highest BCUT2D eigenvalue weighted by molar-refractivity contribution is 7.17. The van der Waals surface area contributed by atoms with Crippen LogP contribution in [0.4, 0.5) is 0 Å². The van der Waals surface area contributed by atoms with Gasteiger partial charge < -0.3 is 15.0 Å². The lowest BCUT2D eigenvalue weighted by Gasteiger charge is -2.32. The van der Waals surface area contributed by atoms with Crippen LogP contribution in [0.5, 0.6) is 5.75 Å². The molecule has 2 amide bonds. The Hall–Kier alpha value is -3.12. The van der Waals surface area contributed by atoms with Crippen LogP contribution in [0.3, 0.4) is 0 Å². The van der Waals surface area contributed by atoms with Crippen LogP contribution in [0, 0.1) is 6.92 Å². The molecule has 4 rings (SSSR count). The lowest BCUT2D eigenvalue weighted by atomic mass is 10.0. The molecule has 166 valence electrons. The maximum absolute atomic E-state index is 13.1. The molecule has 3 aromatic rings. The van der Waals surface area contributed by atoms with Gasteiger partial charge in [0.2, 0.25) is 0 Å². The zero-order valence-electron chi connectivity index (χ0n) is 18.5. The van der Waals surface area contributed by atoms with Crippen LogP contribution < -0.4 is 10.1 Å². The minimum absolute atomic E-state index is 0.0429. The van der Waals surface area contributed by atoms with E-state index in [0.717, 1.165) is 28.8 Å². The molecule has 0 unspecified atom stereocenters. The molecule has 32 heavy (non-hydrogen) atoms. The van der Waals surface area contributed by atoms with Gasteiger partial charge in [0.05, 0.1) is 6.61 Å². The maximum atomic E-state index is 13.1. The van der Waals surface area contributed by atoms with Crippen molar-refractivity contribution in [3.63, 3.8) is 0 Å². The van der Waals surface area contributed by atoms with E-state index in [2.05, 4.69) is 5.32 Å². The van der Waals surface area contributed by atoms with Crippen LogP contribution >= 0.6 is 11.3 Å². The van der Waals surface area contributed by atoms with Gasteiger partial charge in [-0.1, -0.05) is 48.0 Å². The molecule has 2 aromatic carbocycles. The predicted octanol–water partition coefficient (Wildman–Crippen LogP) is 5.16. The molecule has 1 aliphatic heterocycles. The van der Waals surface area contributed by atoms with Gasteiger partial charge in [-0.05, 0) is 50.5 Å². The second-order valence-electron chi connectivity index (χ2n) is 8.01. The first-order valence-corrected chi connectivity index (χ1v) is 11.9. The lowest BCUT2D eigenvalue weighted by molar-refractivity contribution is 0.0698. The van der Waals surface area contributed by atoms with Gasteiger partial charge in [0.1, 0.15) is 10.6 Å². The number of benzene rings is 2. The number of thiophene rings is 1. The van der Waals surface area contributed by atoms with Crippen molar-refractivity contribution in [1.29, 1.82) is 0 Å². The van der Waals surface area contributed by atoms with Crippen LogP contribution in [-0.2, 0) is 0 Å². The fraction of sp³-hybridized carbons (Fsp3) is 0.308. The molecular weight excluding hydrogens is 420 g/mol. The number of aryl methyl sites for hydroxylation is 1. The number of ether oxygens (including phenoxy) is 1. The molecule has 1 fully saturated rings. The van der Waals surface area contributed by atoms with Gasteiger partial charge in [0.15, 0.2) is 0 Å². The Bertz CT molecular complexity index is 1070. The van der Waals surface area contributed by atoms with Gasteiger partial charge in [-0.3, -0.25) is 9.59 Å². The van der Waals surface area contributed by atoms with Crippen LogP contribution in [0.1, 0.15) is 45.4 Å². The van der Waals surface area contributed by atoms with Gasteiger partial charge >= 0.3 is 0 Å². The Morgan fingerprint density at radius 2 is 1.75 bits per heavy atom. The SMILES string of the molecule is CCOc1cc(-c2ccccc2)sc1C(=O)NC1CCN(C(=O)c2ccc(C)cc2)CC1. The monoisotopic (exact) mass is 448 g/mol. The molecular formula is C26H28N2O3S. The average Bonchev–Trinajstić information content (AvgIpc) is 3.25. The quantitative estimate of drug-likeness (QED) is 0.567. The van der Waals surface area contributed by atoms with Crippen molar-refractivity contribution in [2.45, 2.75) is 32.7 Å². The fourth-order valence-electron chi connectivity index (χ4n) is 3.90. The Labute approximate surface area is 193 Å². The summed E-state index contributed by atoms with van der Waals surface area (Å²) in [5.74, 6) is 0.573. The number of nitrogens with zero attached hydrogens (tertiary/aromatic N) is 1. The molecule has 0 spiro atoms. The maximum Gasteiger partial charge on any atom is 0.265 e. The number of amides is 2. The molecule has 0 bridgehead atoms. The molecule has 0 radical (unpaired) electrons. The van der Waals surface area contributed by atoms with E-state index in [1.807, 2.05) is 79.4 Å². The van der Waals surface area contributed by atoms with Crippen LogP contribution in [-0.4, -0.2) is 42.5 Å². The molecule has 0 aliphatic carbocycles. The first-order chi connectivity index (χ1) is 15.5. The third kappa shape index (κ3) is 5.02. The number of likely N-dealkylation sites (tertiary alicyclic amines) is 1. The average molecular weight is 449 g/mol. The standard InChI is InChI=1S/C26H28N2O3S/c1-3-31-22-17-23(19-7-5-4-6-8-19)32-24(22)25(29)27-21-13-15-28(16-14-21)26(30)20-11-9-18(2)10-12-20/h4-12,17,21H,3,13-16H2,1-2H3,(H,27,29). The summed E-state index contributed by atoms with van der Waals surface area (Å²) in [7, 11) is 0. The molecule has 1 aliphatic rings. The lowest BCUT2D eigenvalue weighted by Crippen LogP contribution is -2.46. The van der Waals surface area contributed by atoms with Gasteiger partial charge in [0.25, 0.3) is 11.8 Å². The second-order valence-corrected chi connectivity index (χ2v) is 9.06. The van der Waals surface area contributed by atoms with Gasteiger partial charge in [-0.15, -0.1) is 11.3 Å². The highest BCUT2D eigenvalue weighted by Crippen LogP contribution is 2.36. The third-order valence-electron chi connectivity index (χ3n) is 5.68. The smallest absolute Gasteiger partial charge is 0.265 e. The zero-order chi connectivity index (χ0) is 22.5. The van der Waals surface area contributed by atoms with E-state index in [0.29, 0.717) is 35.9 Å². The molecule has 1 N–H and O–H groups in total. The van der Waals surface area contributed by atoms with Crippen molar-refractivity contribution in [2.24, 2.45) is 0 Å². The van der Waals surface area contributed by atoms with Crippen molar-refractivity contribution in [3.8, 4) is 16.2 Å². The topological polar surface area (TPSA) is 58.6 Å². The summed E-state index contributed by atoms with van der Waals surface area (Å²) >= 11 is 1.45. The zero-order valence-corrected chi connectivity index (χ0v) is 19.3. The van der Waals surface area contributed by atoms with Crippen molar-refractivity contribution in [3.05, 3.63) is 76.7 Å². The summed E-state index contributed by atoms with van der Waals surface area (Å²) in [6.45, 7) is 5.70. The Morgan fingerprint density at radius 3 is 2.41 bits per heavy atom. The van der Waals surface area contributed by atoms with Crippen LogP contribution in [0.25, 0.3) is 10.4 Å². The number of piperidine rings is 1. The van der Waals surface area contributed by atoms with Crippen molar-refractivity contribution in [1.82, 2.24) is 10.2 Å². The van der Waals surface area contributed by atoms with Gasteiger partial charge in [-0.2, -0.15) is 0 Å². The summed E-state index contributed by atoms with van der Waals surface area (Å²) in [6, 6.07) is 19.7. The third-order valence-corrected chi connectivity index (χ3v) is 6.84. The van der Waals surface area contributed by atoms with Crippen molar-refractivity contribution < 1.29 is 14.3 Å². The molecule has 1 saturated heterocycles. The summed E-state index contributed by atoms with van der Waals surface area (Å²) in [4.78, 5) is 29.3. The fourth-order valence-corrected chi connectivity index (χ4v) is 4.91. The number of hydrogen-bond acceptors (Lipinski definition) is 4. The largest absolute Gasteiger partial charge is 0.492 e. The van der Waals surface area contributed by atoms with E-state index >= 15 is 0 Å². The first kappa shape index (κ1) is 22.1. The van der Waals surface area contributed by atoms with Crippen molar-refractivity contribution >= 4 is 23.2 Å². The minimum Gasteiger partial charge on any atom is -0.492 e. The number of carbonyl (C=O) groups is 2. The van der Waals surface area contributed by atoms with Crippen molar-refractivity contribution in [2.75, 3.05) is 19.7 Å². The summed E-state index contributed by atoms with van der Waals surface area (Å²) in [6.07, 6.45) is 1.48. The minimum atomic E-state index is -0.107. The van der Waals surface area contributed by atoms with Gasteiger partial charge in [0, 0.05) is 29.6 Å². The Kier molecular flexibility index (Phi) is 6.90. The van der Waals surface area contributed by atoms with Crippen LogP contribution in [0.15, 0.2) is 60.7 Å². The first-order valence-electron chi connectivity index (χ1n) is 11.0. The second kappa shape index (κ2) is 10.0. The van der Waals surface area contributed by atoms with Gasteiger partial charge in [-0.25, -0.2) is 0 Å². The summed E-state index contributed by atoms with van der Waals surface area (Å²) < 4.78 is 5.75. The molecule has 2 heterocycles. The van der Waals surface area contributed by atoms with E-state index in [1.165, 1.54) is 11.3 Å². The molecule has 5 nitrogen and oxygen atoms in total. The Balaban J connectivity index is 1.39. The van der Waals surface area contributed by atoms with Crippen LogP contribution in [0.2, 0.25) is 0 Å². The summed E-state index contributed by atoms with van der Waals surface area (Å²) in [5.41, 5.74) is 2.92. The van der Waals surface area contributed by atoms with E-state index in [4.69, 9.17) is 4.74 Å². The number of carbonyl (C=O) groups excluding carboxylic acids is 2. The molecule has 1 aromatic heterocycles. The highest BCUT2D eigenvalue weighted by atomic mass is 32.1. The molecule has 0 atom stereocenters.